The van der Waals surface area contributed by atoms with Gasteiger partial charge in [0.05, 0.1) is 0 Å². The maximum absolute atomic E-state index is 7.80. The summed E-state index contributed by atoms with van der Waals surface area (Å²) in [5.41, 5.74) is 0. The van der Waals surface area contributed by atoms with Gasteiger partial charge >= 0.3 is 0 Å². The van der Waals surface area contributed by atoms with Crippen molar-refractivity contribution in [2.45, 2.75) is 0 Å². The Kier molecular flexibility index (Phi) is 3.89. The number of nitriles is 1. The summed E-state index contributed by atoms with van der Waals surface area (Å²) in [5.74, 6) is 6.32. The molecule has 0 bridgehead atoms. The van der Waals surface area contributed by atoms with Gasteiger partial charge in [-0.25, -0.2) is 0 Å². The van der Waals surface area contributed by atoms with Crippen LogP contribution in [-0.2, 0) is 0 Å². The Balaban J connectivity index is 3.85. The average molecular weight is 100 g/mol. The molecule has 0 heterocycles. The first-order valence-corrected chi connectivity index (χ1v) is 1.67. The van der Waals surface area contributed by atoms with Crippen LogP contribution in [0.3, 0.4) is 0 Å². The van der Waals surface area contributed by atoms with E-state index in [1.54, 1.807) is 6.07 Å². The van der Waals surface area contributed by atoms with Gasteiger partial charge in [0.2, 0.25) is 0 Å². The second kappa shape index (κ2) is 5.10. The molecule has 0 aromatic rings. The van der Waals surface area contributed by atoms with Gasteiger partial charge in [-0.15, -0.1) is 0 Å². The zero-order chi connectivity index (χ0) is 6.24. The summed E-state index contributed by atoms with van der Waals surface area (Å²) in [6.07, 6.45) is 0. The first-order chi connectivity index (χ1) is 3.91. The fourth-order valence-electron chi connectivity index (χ4n) is 0.115. The highest BCUT2D eigenvalue weighted by Gasteiger charge is 1.50. The predicted molar refractivity (Wildman–Crippen MR) is 27.8 cm³/mol. The second-order valence-corrected chi connectivity index (χ2v) is 0.710. The first kappa shape index (κ1) is 6.10. The summed E-state index contributed by atoms with van der Waals surface area (Å²) in [6, 6.07) is 3.56. The third-order valence-corrected chi connectivity index (χ3v) is 0.293. The van der Waals surface area contributed by atoms with Gasteiger partial charge in [-0.05, 0) is 11.8 Å². The smallest absolute Gasteiger partial charge is 0.153 e. The van der Waals surface area contributed by atoms with E-state index in [-0.39, 0.29) is 0 Å². The van der Waals surface area contributed by atoms with Crippen LogP contribution in [0.5, 0.6) is 0 Å². The van der Waals surface area contributed by atoms with Crippen LogP contribution in [0, 0.1) is 41.7 Å². The van der Waals surface area contributed by atoms with Gasteiger partial charge < -0.3 is 0 Å². The van der Waals surface area contributed by atoms with Gasteiger partial charge in [-0.1, -0.05) is 0 Å². The van der Waals surface area contributed by atoms with E-state index in [1.165, 1.54) is 0 Å². The van der Waals surface area contributed by atoms with Crippen LogP contribution >= 0.6 is 0 Å². The maximum Gasteiger partial charge on any atom is 0.153 e. The zero-order valence-electron chi connectivity index (χ0n) is 3.89. The van der Waals surface area contributed by atoms with E-state index in [2.05, 4.69) is 16.7 Å². The van der Waals surface area contributed by atoms with Crippen LogP contribution in [0.4, 0.5) is 0 Å². The Hall–Kier alpha value is -1.90. The van der Waals surface area contributed by atoms with Crippen LogP contribution in [0.25, 0.3) is 4.85 Å². The molecule has 34 valence electrons. The van der Waals surface area contributed by atoms with Crippen molar-refractivity contribution in [3.8, 4) is 29.9 Å². The summed E-state index contributed by atoms with van der Waals surface area (Å²) >= 11 is 0. The molecular formula is C6N2. The lowest BCUT2D eigenvalue weighted by atomic mass is 10.6. The van der Waals surface area contributed by atoms with Crippen LogP contribution in [-0.4, -0.2) is 0 Å². The summed E-state index contributed by atoms with van der Waals surface area (Å²) in [4.78, 5) is 2.68. The Morgan fingerprint density at radius 2 is 2.00 bits per heavy atom. The molecule has 0 atom stereocenters. The molecule has 0 spiro atoms. The number of rotatable bonds is 0. The largest absolute Gasteiger partial charge is 0.193 e. The normalized spacial score (nSPS) is 3.25. The third-order valence-electron chi connectivity index (χ3n) is 0.293. The molecule has 2 heteroatoms. The maximum atomic E-state index is 7.80. The molecule has 0 aliphatic heterocycles. The second-order valence-electron chi connectivity index (χ2n) is 0.710. The van der Waals surface area contributed by atoms with Gasteiger partial charge in [0.1, 0.15) is 12.6 Å². The van der Waals surface area contributed by atoms with E-state index in [4.69, 9.17) is 11.8 Å². The van der Waals surface area contributed by atoms with E-state index in [0.717, 1.165) is 0 Å². The molecule has 2 nitrogen and oxygen atoms in total. The van der Waals surface area contributed by atoms with Crippen LogP contribution in [0.2, 0.25) is 0 Å². The molecule has 0 aromatic heterocycles. The Bertz CT molecular complexity index is 223. The molecule has 0 fully saturated rings. The van der Waals surface area contributed by atoms with Gasteiger partial charge in [0.25, 0.3) is 0 Å². The van der Waals surface area contributed by atoms with Crippen molar-refractivity contribution >= 4 is 0 Å². The average Bonchev–Trinajstić information content (AvgIpc) is 1.81. The van der Waals surface area contributed by atoms with Crippen molar-refractivity contribution in [3.63, 3.8) is 0 Å². The fourth-order valence-corrected chi connectivity index (χ4v) is 0.115. The van der Waals surface area contributed by atoms with Gasteiger partial charge in [0.15, 0.2) is 6.07 Å². The molecule has 0 rings (SSSR count). The Morgan fingerprint density at radius 3 is 2.50 bits per heavy atom. The molecule has 0 aliphatic carbocycles. The number of hydrogen-bond acceptors (Lipinski definition) is 1. The molecule has 8 heavy (non-hydrogen) atoms. The molecular weight excluding hydrogens is 100 g/mol. The molecule has 0 saturated heterocycles. The van der Waals surface area contributed by atoms with Gasteiger partial charge in [0, 0.05) is 5.92 Å². The van der Waals surface area contributed by atoms with Crippen LogP contribution < -0.4 is 0 Å². The van der Waals surface area contributed by atoms with E-state index >= 15 is 0 Å². The lowest BCUT2D eigenvalue weighted by Crippen LogP contribution is -1.46. The molecule has 0 N–H and O–H groups in total. The topological polar surface area (TPSA) is 28.1 Å². The highest BCUT2D eigenvalue weighted by molar-refractivity contribution is 5.32. The van der Waals surface area contributed by atoms with Crippen molar-refractivity contribution in [1.29, 1.82) is 5.26 Å². The highest BCUT2D eigenvalue weighted by Crippen LogP contribution is 1.54. The molecule has 0 amide bonds. The van der Waals surface area contributed by atoms with Crippen molar-refractivity contribution in [2.75, 3.05) is 0 Å². The van der Waals surface area contributed by atoms with Crippen LogP contribution in [0.15, 0.2) is 0 Å². The van der Waals surface area contributed by atoms with Crippen LogP contribution in [0.1, 0.15) is 0 Å². The molecule has 0 radical (unpaired) electrons. The molecule has 0 aromatic carbocycles. The van der Waals surface area contributed by atoms with E-state index in [9.17, 15) is 0 Å². The lowest BCUT2D eigenvalue weighted by Gasteiger charge is -1.48. The number of nitrogens with zero attached hydrogens (tertiary/aromatic N) is 2. The lowest BCUT2D eigenvalue weighted by molar-refractivity contribution is 1.55. The van der Waals surface area contributed by atoms with Crippen molar-refractivity contribution in [2.24, 2.45) is 0 Å². The number of hydrogen-bond donors (Lipinski definition) is 0. The van der Waals surface area contributed by atoms with Crippen molar-refractivity contribution < 1.29 is 0 Å². The van der Waals surface area contributed by atoms with Gasteiger partial charge in [-0.2, -0.15) is 10.1 Å². The van der Waals surface area contributed by atoms with E-state index in [1.807, 2.05) is 12.0 Å². The van der Waals surface area contributed by atoms with Crippen molar-refractivity contribution in [3.05, 3.63) is 11.4 Å². The highest BCUT2D eigenvalue weighted by atomic mass is 14.6. The molecule has 0 aliphatic rings. The monoisotopic (exact) mass is 100 g/mol. The first-order valence-electron chi connectivity index (χ1n) is 1.67. The Labute approximate surface area is 47.6 Å². The summed E-state index contributed by atoms with van der Waals surface area (Å²) < 4.78 is 0. The molecule has 0 unspecified atom stereocenters. The quantitative estimate of drug-likeness (QED) is 0.319. The Morgan fingerprint density at radius 1 is 1.25 bits per heavy atom. The minimum absolute atomic E-state index is 1.56. The fraction of sp³-hybridized carbons (Fsp3) is 0. The van der Waals surface area contributed by atoms with Gasteiger partial charge in [-0.3, -0.25) is 0 Å². The minimum atomic E-state index is 1.56. The standard InChI is InChI=1S/C6N2/c1-8-6-4-2-3-5-7. The van der Waals surface area contributed by atoms with E-state index in [0.29, 0.717) is 0 Å². The van der Waals surface area contributed by atoms with E-state index < -0.39 is 0 Å². The summed E-state index contributed by atoms with van der Waals surface area (Å²) in [6.45, 7) is 6.14. The minimum Gasteiger partial charge on any atom is -0.193 e. The zero-order valence-corrected chi connectivity index (χ0v) is 3.89. The summed E-state index contributed by atoms with van der Waals surface area (Å²) in [5, 5.41) is 7.80. The molecule has 0 saturated carbocycles. The predicted octanol–water partition coefficient (Wildman–Crippen LogP) is 0.394. The van der Waals surface area contributed by atoms with Crippen molar-refractivity contribution in [1.82, 2.24) is 0 Å². The SMILES string of the molecule is [C-]#[N+]C#CC#CC#N. The third kappa shape index (κ3) is 4.10. The summed E-state index contributed by atoms with van der Waals surface area (Å²) in [7, 11) is 0.